The van der Waals surface area contributed by atoms with E-state index in [1.165, 1.54) is 58.4 Å². The van der Waals surface area contributed by atoms with E-state index in [0.29, 0.717) is 12.0 Å². The Labute approximate surface area is 123 Å². The van der Waals surface area contributed by atoms with Gasteiger partial charge >= 0.3 is 0 Å². The van der Waals surface area contributed by atoms with Crippen molar-refractivity contribution in [1.82, 2.24) is 15.1 Å². The van der Waals surface area contributed by atoms with Gasteiger partial charge in [0.1, 0.15) is 0 Å². The summed E-state index contributed by atoms with van der Waals surface area (Å²) in [5.41, 5.74) is 0. The summed E-state index contributed by atoms with van der Waals surface area (Å²) >= 11 is 0. The Bertz CT molecular complexity index is 299. The molecule has 0 bridgehead atoms. The van der Waals surface area contributed by atoms with Crippen molar-refractivity contribution in [2.24, 2.45) is 5.92 Å². The van der Waals surface area contributed by atoms with Crippen LogP contribution in [0.15, 0.2) is 0 Å². The van der Waals surface area contributed by atoms with E-state index >= 15 is 0 Å². The largest absolute Gasteiger partial charge is 0.381 e. The van der Waals surface area contributed by atoms with Crippen molar-refractivity contribution in [3.05, 3.63) is 0 Å². The van der Waals surface area contributed by atoms with Crippen LogP contribution in [-0.4, -0.2) is 74.4 Å². The van der Waals surface area contributed by atoms with Gasteiger partial charge in [0, 0.05) is 50.8 Å². The molecule has 3 saturated heterocycles. The molecule has 0 aromatic carbocycles. The molecule has 4 nitrogen and oxygen atoms in total. The Hall–Kier alpha value is -0.160. The molecular formula is C16H31N3O. The highest BCUT2D eigenvalue weighted by Crippen LogP contribution is 2.23. The fraction of sp³-hybridized carbons (Fsp3) is 1.00. The number of hydrogen-bond donors (Lipinski definition) is 1. The van der Waals surface area contributed by atoms with E-state index in [1.54, 1.807) is 0 Å². The highest BCUT2D eigenvalue weighted by molar-refractivity contribution is 4.89. The van der Waals surface area contributed by atoms with E-state index in [-0.39, 0.29) is 0 Å². The van der Waals surface area contributed by atoms with Crippen LogP contribution in [0.4, 0.5) is 0 Å². The molecule has 0 spiro atoms. The van der Waals surface area contributed by atoms with Crippen LogP contribution < -0.4 is 5.32 Å². The molecule has 0 aromatic heterocycles. The Balaban J connectivity index is 1.50. The minimum Gasteiger partial charge on any atom is -0.381 e. The zero-order valence-electron chi connectivity index (χ0n) is 13.0. The van der Waals surface area contributed by atoms with Crippen LogP contribution in [0.3, 0.4) is 0 Å². The molecule has 3 rings (SSSR count). The molecular weight excluding hydrogens is 250 g/mol. The number of nitrogens with zero attached hydrogens (tertiary/aromatic N) is 2. The van der Waals surface area contributed by atoms with Crippen LogP contribution in [0, 0.1) is 5.92 Å². The zero-order valence-corrected chi connectivity index (χ0v) is 13.0. The van der Waals surface area contributed by atoms with Gasteiger partial charge in [-0.05, 0) is 38.8 Å². The minimum absolute atomic E-state index is 0.672. The predicted molar refractivity (Wildman–Crippen MR) is 82.0 cm³/mol. The third kappa shape index (κ3) is 3.53. The van der Waals surface area contributed by atoms with Crippen molar-refractivity contribution >= 4 is 0 Å². The Morgan fingerprint density at radius 3 is 3.05 bits per heavy atom. The molecule has 4 heteroatoms. The number of fused-ring (bicyclic) bond motifs is 1. The van der Waals surface area contributed by atoms with Crippen LogP contribution in [-0.2, 0) is 4.74 Å². The van der Waals surface area contributed by atoms with Gasteiger partial charge in [-0.1, -0.05) is 6.92 Å². The Morgan fingerprint density at radius 2 is 2.15 bits per heavy atom. The molecule has 3 heterocycles. The van der Waals surface area contributed by atoms with E-state index in [4.69, 9.17) is 4.74 Å². The summed E-state index contributed by atoms with van der Waals surface area (Å²) < 4.78 is 5.74. The highest BCUT2D eigenvalue weighted by Gasteiger charge is 2.33. The average Bonchev–Trinajstić information content (AvgIpc) is 2.94. The lowest BCUT2D eigenvalue weighted by Gasteiger charge is -2.41. The standard InChI is InChI=1S/C16H31N3O/c1-2-6-17-16-5-10-20-13-14(16)11-18-8-9-19-7-3-4-15(19)12-18/h14-17H,2-13H2,1H3. The topological polar surface area (TPSA) is 27.7 Å². The summed E-state index contributed by atoms with van der Waals surface area (Å²) in [6.07, 6.45) is 5.24. The van der Waals surface area contributed by atoms with Gasteiger partial charge in [0.2, 0.25) is 0 Å². The molecule has 20 heavy (non-hydrogen) atoms. The Kier molecular flexibility index (Phi) is 5.32. The van der Waals surface area contributed by atoms with Crippen molar-refractivity contribution in [3.63, 3.8) is 0 Å². The molecule has 1 N–H and O–H groups in total. The zero-order chi connectivity index (χ0) is 13.8. The number of nitrogens with one attached hydrogen (secondary N) is 1. The Morgan fingerprint density at radius 1 is 1.20 bits per heavy atom. The van der Waals surface area contributed by atoms with Gasteiger partial charge in [0.05, 0.1) is 6.61 Å². The van der Waals surface area contributed by atoms with Crippen LogP contribution in [0.1, 0.15) is 32.6 Å². The molecule has 3 atom stereocenters. The first-order chi connectivity index (χ1) is 9.86. The van der Waals surface area contributed by atoms with Gasteiger partial charge in [-0.2, -0.15) is 0 Å². The number of piperazine rings is 1. The molecule has 3 unspecified atom stereocenters. The van der Waals surface area contributed by atoms with E-state index < -0.39 is 0 Å². The van der Waals surface area contributed by atoms with Crippen LogP contribution in [0.5, 0.6) is 0 Å². The first kappa shape index (κ1) is 14.8. The van der Waals surface area contributed by atoms with Crippen molar-refractivity contribution < 1.29 is 4.74 Å². The maximum Gasteiger partial charge on any atom is 0.0521 e. The lowest BCUT2D eigenvalue weighted by molar-refractivity contribution is 0.00451. The second-order valence-electron chi connectivity index (χ2n) is 6.78. The van der Waals surface area contributed by atoms with Crippen molar-refractivity contribution in [2.45, 2.75) is 44.7 Å². The third-order valence-corrected chi connectivity index (χ3v) is 5.29. The molecule has 116 valence electrons. The molecule has 0 amide bonds. The lowest BCUT2D eigenvalue weighted by Crippen LogP contribution is -2.54. The lowest BCUT2D eigenvalue weighted by atomic mass is 9.94. The minimum atomic E-state index is 0.672. The van der Waals surface area contributed by atoms with Gasteiger partial charge in [-0.3, -0.25) is 4.90 Å². The molecule has 0 saturated carbocycles. The summed E-state index contributed by atoms with van der Waals surface area (Å²) in [6.45, 7) is 11.7. The molecule has 3 aliphatic heterocycles. The summed E-state index contributed by atoms with van der Waals surface area (Å²) in [6, 6.07) is 1.51. The first-order valence-corrected chi connectivity index (χ1v) is 8.64. The molecule has 0 aromatic rings. The van der Waals surface area contributed by atoms with Gasteiger partial charge in [0.15, 0.2) is 0 Å². The molecule has 3 aliphatic rings. The van der Waals surface area contributed by atoms with Gasteiger partial charge in [0.25, 0.3) is 0 Å². The normalized spacial score (nSPS) is 36.1. The summed E-state index contributed by atoms with van der Waals surface area (Å²) in [7, 11) is 0. The fourth-order valence-electron chi connectivity index (χ4n) is 4.13. The van der Waals surface area contributed by atoms with E-state index in [0.717, 1.165) is 25.8 Å². The second-order valence-corrected chi connectivity index (χ2v) is 6.78. The maximum absolute atomic E-state index is 5.74. The third-order valence-electron chi connectivity index (χ3n) is 5.29. The number of ether oxygens (including phenoxy) is 1. The molecule has 0 radical (unpaired) electrons. The fourth-order valence-corrected chi connectivity index (χ4v) is 4.13. The van der Waals surface area contributed by atoms with Gasteiger partial charge in [-0.15, -0.1) is 0 Å². The first-order valence-electron chi connectivity index (χ1n) is 8.64. The van der Waals surface area contributed by atoms with E-state index in [1.807, 2.05) is 0 Å². The van der Waals surface area contributed by atoms with Crippen LogP contribution in [0.25, 0.3) is 0 Å². The summed E-state index contributed by atoms with van der Waals surface area (Å²) in [5.74, 6) is 0.684. The van der Waals surface area contributed by atoms with Crippen LogP contribution in [0.2, 0.25) is 0 Å². The van der Waals surface area contributed by atoms with Crippen molar-refractivity contribution in [2.75, 3.05) is 52.5 Å². The smallest absolute Gasteiger partial charge is 0.0521 e. The van der Waals surface area contributed by atoms with Crippen molar-refractivity contribution in [1.29, 1.82) is 0 Å². The molecule has 3 fully saturated rings. The monoisotopic (exact) mass is 281 g/mol. The van der Waals surface area contributed by atoms with Gasteiger partial charge in [-0.25, -0.2) is 0 Å². The average molecular weight is 281 g/mol. The summed E-state index contributed by atoms with van der Waals surface area (Å²) in [5, 5.41) is 3.74. The maximum atomic E-state index is 5.74. The number of rotatable bonds is 5. The highest BCUT2D eigenvalue weighted by atomic mass is 16.5. The van der Waals surface area contributed by atoms with E-state index in [9.17, 15) is 0 Å². The quantitative estimate of drug-likeness (QED) is 0.819. The van der Waals surface area contributed by atoms with E-state index in [2.05, 4.69) is 22.0 Å². The summed E-state index contributed by atoms with van der Waals surface area (Å²) in [4.78, 5) is 5.40. The predicted octanol–water partition coefficient (Wildman–Crippen LogP) is 1.17. The second kappa shape index (κ2) is 7.21. The SMILES string of the molecule is CCCNC1CCOCC1CN1CCN2CCCC2C1. The van der Waals surface area contributed by atoms with Gasteiger partial charge < -0.3 is 15.0 Å². The number of hydrogen-bond acceptors (Lipinski definition) is 4. The molecule has 0 aliphatic carbocycles. The van der Waals surface area contributed by atoms with Crippen molar-refractivity contribution in [3.8, 4) is 0 Å². The van der Waals surface area contributed by atoms with Crippen LogP contribution >= 0.6 is 0 Å².